The number of benzene rings is 1. The van der Waals surface area contributed by atoms with Crippen LogP contribution in [0.5, 0.6) is 0 Å². The molecule has 0 saturated heterocycles. The molecule has 1 heterocycles. The molecule has 1 aromatic carbocycles. The van der Waals surface area contributed by atoms with E-state index in [-0.39, 0.29) is 6.04 Å². The van der Waals surface area contributed by atoms with Gasteiger partial charge in [-0.1, -0.05) is 18.2 Å². The number of aromatic nitrogens is 1. The highest BCUT2D eigenvalue weighted by Gasteiger charge is 2.17. The predicted octanol–water partition coefficient (Wildman–Crippen LogP) is 2.56. The molecule has 3 N–H and O–H groups in total. The van der Waals surface area contributed by atoms with Crippen molar-refractivity contribution in [1.29, 1.82) is 0 Å². The Hall–Kier alpha value is -1.71. The molecular formula is C15H19N3. The fourth-order valence-corrected chi connectivity index (χ4v) is 2.21. The van der Waals surface area contributed by atoms with Crippen LogP contribution in [0.4, 0.5) is 0 Å². The van der Waals surface area contributed by atoms with Crippen molar-refractivity contribution in [3.63, 3.8) is 0 Å². The van der Waals surface area contributed by atoms with Crippen molar-refractivity contribution in [1.82, 2.24) is 10.4 Å². The molecule has 2 rings (SSSR count). The van der Waals surface area contributed by atoms with Gasteiger partial charge in [0.05, 0.1) is 6.04 Å². The maximum absolute atomic E-state index is 5.75. The molecule has 0 aliphatic heterocycles. The molecule has 0 aliphatic carbocycles. The Labute approximate surface area is 108 Å². The molecule has 0 saturated carbocycles. The maximum Gasteiger partial charge on any atom is 0.0730 e. The minimum Gasteiger partial charge on any atom is -0.271 e. The van der Waals surface area contributed by atoms with Crippen LogP contribution < -0.4 is 11.3 Å². The first kappa shape index (κ1) is 12.7. The van der Waals surface area contributed by atoms with Crippen molar-refractivity contribution in [2.45, 2.75) is 26.8 Å². The topological polar surface area (TPSA) is 50.9 Å². The highest BCUT2D eigenvalue weighted by Crippen LogP contribution is 2.27. The van der Waals surface area contributed by atoms with Gasteiger partial charge in [-0.05, 0) is 54.7 Å². The van der Waals surface area contributed by atoms with Gasteiger partial charge in [0.1, 0.15) is 0 Å². The lowest BCUT2D eigenvalue weighted by Crippen LogP contribution is -2.30. The van der Waals surface area contributed by atoms with Gasteiger partial charge in [-0.3, -0.25) is 10.8 Å². The van der Waals surface area contributed by atoms with Gasteiger partial charge in [0.15, 0.2) is 0 Å². The first-order valence-electron chi connectivity index (χ1n) is 6.08. The molecule has 0 aliphatic rings. The molecule has 0 fully saturated rings. The van der Waals surface area contributed by atoms with Gasteiger partial charge in [-0.2, -0.15) is 0 Å². The number of nitrogens with one attached hydrogen (secondary N) is 1. The van der Waals surface area contributed by atoms with Gasteiger partial charge in [0.2, 0.25) is 0 Å². The van der Waals surface area contributed by atoms with Crippen LogP contribution in [0.2, 0.25) is 0 Å². The van der Waals surface area contributed by atoms with E-state index in [4.69, 9.17) is 5.84 Å². The molecule has 3 nitrogen and oxygen atoms in total. The summed E-state index contributed by atoms with van der Waals surface area (Å²) in [6.07, 6.45) is 3.68. The highest BCUT2D eigenvalue weighted by atomic mass is 15.2. The van der Waals surface area contributed by atoms with E-state index in [9.17, 15) is 0 Å². The Morgan fingerprint density at radius 3 is 2.50 bits per heavy atom. The number of nitrogens with zero attached hydrogens (tertiary/aromatic N) is 1. The van der Waals surface area contributed by atoms with Crippen molar-refractivity contribution in [3.8, 4) is 0 Å². The number of hydrazine groups is 1. The number of nitrogens with two attached hydrogens (primary N) is 1. The van der Waals surface area contributed by atoms with Crippen molar-refractivity contribution >= 4 is 0 Å². The van der Waals surface area contributed by atoms with E-state index in [1.165, 1.54) is 22.3 Å². The number of hydrogen-bond donors (Lipinski definition) is 2. The Balaban J connectivity index is 2.53. The van der Waals surface area contributed by atoms with Crippen LogP contribution in [0.25, 0.3) is 0 Å². The van der Waals surface area contributed by atoms with Crippen molar-refractivity contribution < 1.29 is 0 Å². The second-order valence-corrected chi connectivity index (χ2v) is 4.62. The molecular weight excluding hydrogens is 222 g/mol. The molecule has 0 bridgehead atoms. The van der Waals surface area contributed by atoms with Crippen LogP contribution in [-0.4, -0.2) is 4.98 Å². The molecule has 0 radical (unpaired) electrons. The predicted molar refractivity (Wildman–Crippen MR) is 74.1 cm³/mol. The van der Waals surface area contributed by atoms with Gasteiger partial charge in [0, 0.05) is 12.4 Å². The zero-order valence-electron chi connectivity index (χ0n) is 11.1. The van der Waals surface area contributed by atoms with Gasteiger partial charge < -0.3 is 0 Å². The molecule has 94 valence electrons. The lowest BCUT2D eigenvalue weighted by atomic mass is 9.92. The summed E-state index contributed by atoms with van der Waals surface area (Å²) in [5.74, 6) is 5.75. The first-order valence-corrected chi connectivity index (χ1v) is 6.08. The van der Waals surface area contributed by atoms with E-state index >= 15 is 0 Å². The van der Waals surface area contributed by atoms with Crippen LogP contribution >= 0.6 is 0 Å². The minimum absolute atomic E-state index is 0.0152. The standard InChI is InChI=1S/C15H19N3/c1-10-5-4-6-13(12(10)3)15(18-16)14-9-17-8-7-11(14)2/h4-9,15,18H,16H2,1-3H3. The van der Waals surface area contributed by atoms with Crippen LogP contribution in [-0.2, 0) is 0 Å². The van der Waals surface area contributed by atoms with E-state index in [0.717, 1.165) is 5.56 Å². The Kier molecular flexibility index (Phi) is 3.75. The third-order valence-electron chi connectivity index (χ3n) is 3.51. The van der Waals surface area contributed by atoms with Gasteiger partial charge in [0.25, 0.3) is 0 Å². The van der Waals surface area contributed by atoms with E-state index in [0.29, 0.717) is 0 Å². The van der Waals surface area contributed by atoms with E-state index < -0.39 is 0 Å². The SMILES string of the molecule is Cc1ccncc1C(NN)c1cccc(C)c1C. The first-order chi connectivity index (χ1) is 8.65. The van der Waals surface area contributed by atoms with Crippen molar-refractivity contribution in [3.05, 3.63) is 64.5 Å². The Morgan fingerprint density at radius 2 is 1.83 bits per heavy atom. The third-order valence-corrected chi connectivity index (χ3v) is 3.51. The molecule has 0 spiro atoms. The van der Waals surface area contributed by atoms with E-state index in [2.05, 4.69) is 49.4 Å². The largest absolute Gasteiger partial charge is 0.271 e. The normalized spacial score (nSPS) is 12.4. The summed E-state index contributed by atoms with van der Waals surface area (Å²) in [4.78, 5) is 4.20. The number of pyridine rings is 1. The summed E-state index contributed by atoms with van der Waals surface area (Å²) >= 11 is 0. The zero-order valence-corrected chi connectivity index (χ0v) is 11.1. The Bertz CT molecular complexity index is 549. The van der Waals surface area contributed by atoms with Crippen LogP contribution in [0.1, 0.15) is 33.9 Å². The lowest BCUT2D eigenvalue weighted by molar-refractivity contribution is 0.627. The number of hydrogen-bond acceptors (Lipinski definition) is 3. The average Bonchev–Trinajstić information content (AvgIpc) is 2.37. The molecule has 1 unspecified atom stereocenters. The van der Waals surface area contributed by atoms with Crippen molar-refractivity contribution in [2.75, 3.05) is 0 Å². The van der Waals surface area contributed by atoms with Crippen LogP contribution in [0, 0.1) is 20.8 Å². The second-order valence-electron chi connectivity index (χ2n) is 4.62. The second kappa shape index (κ2) is 5.29. The summed E-state index contributed by atoms with van der Waals surface area (Å²) in [6.45, 7) is 6.32. The number of aryl methyl sites for hydroxylation is 2. The fraction of sp³-hybridized carbons (Fsp3) is 0.267. The summed E-state index contributed by atoms with van der Waals surface area (Å²) in [5.41, 5.74) is 8.95. The summed E-state index contributed by atoms with van der Waals surface area (Å²) < 4.78 is 0. The molecule has 1 atom stereocenters. The molecule has 3 heteroatoms. The van der Waals surface area contributed by atoms with E-state index in [1.54, 1.807) is 6.20 Å². The minimum atomic E-state index is -0.0152. The monoisotopic (exact) mass is 241 g/mol. The van der Waals surface area contributed by atoms with Gasteiger partial charge in [-0.15, -0.1) is 0 Å². The summed E-state index contributed by atoms with van der Waals surface area (Å²) in [7, 11) is 0. The molecule has 2 aromatic rings. The third kappa shape index (κ3) is 2.28. The fourth-order valence-electron chi connectivity index (χ4n) is 2.21. The molecule has 0 amide bonds. The Morgan fingerprint density at radius 1 is 1.06 bits per heavy atom. The highest BCUT2D eigenvalue weighted by molar-refractivity contribution is 5.41. The smallest absolute Gasteiger partial charge is 0.0730 e. The van der Waals surface area contributed by atoms with E-state index in [1.807, 2.05) is 12.3 Å². The summed E-state index contributed by atoms with van der Waals surface area (Å²) in [5, 5.41) is 0. The number of rotatable bonds is 3. The van der Waals surface area contributed by atoms with Crippen LogP contribution in [0.15, 0.2) is 36.7 Å². The average molecular weight is 241 g/mol. The summed E-state index contributed by atoms with van der Waals surface area (Å²) in [6, 6.07) is 8.28. The molecule has 1 aromatic heterocycles. The van der Waals surface area contributed by atoms with Gasteiger partial charge in [-0.25, -0.2) is 5.43 Å². The zero-order chi connectivity index (χ0) is 13.1. The quantitative estimate of drug-likeness (QED) is 0.641. The van der Waals surface area contributed by atoms with Crippen molar-refractivity contribution in [2.24, 2.45) is 5.84 Å². The molecule has 18 heavy (non-hydrogen) atoms. The van der Waals surface area contributed by atoms with Crippen LogP contribution in [0.3, 0.4) is 0 Å². The lowest BCUT2D eigenvalue weighted by Gasteiger charge is -2.21. The van der Waals surface area contributed by atoms with Gasteiger partial charge >= 0.3 is 0 Å². The maximum atomic E-state index is 5.75.